The van der Waals surface area contributed by atoms with Crippen molar-refractivity contribution in [1.29, 1.82) is 0 Å². The van der Waals surface area contributed by atoms with Gasteiger partial charge in [0.05, 0.1) is 11.6 Å². The van der Waals surface area contributed by atoms with Crippen molar-refractivity contribution < 1.29 is 18.9 Å². The molecule has 0 saturated heterocycles. The zero-order valence-corrected chi connectivity index (χ0v) is 18.8. The second kappa shape index (κ2) is 9.49. The van der Waals surface area contributed by atoms with Gasteiger partial charge in [0.25, 0.3) is 0 Å². The Labute approximate surface area is 189 Å². The predicted molar refractivity (Wildman–Crippen MR) is 121 cm³/mol. The normalized spacial score (nSPS) is 12.4. The summed E-state index contributed by atoms with van der Waals surface area (Å²) >= 11 is 9.55. The van der Waals surface area contributed by atoms with Crippen molar-refractivity contribution in [3.8, 4) is 23.0 Å². The van der Waals surface area contributed by atoms with Gasteiger partial charge in [0, 0.05) is 23.3 Å². The molecule has 0 bridgehead atoms. The van der Waals surface area contributed by atoms with Crippen LogP contribution in [0.25, 0.3) is 0 Å². The van der Waals surface area contributed by atoms with Gasteiger partial charge >= 0.3 is 0 Å². The number of hydrogen-bond donors (Lipinski definition) is 1. The molecule has 4 rings (SSSR count). The maximum Gasteiger partial charge on any atom is 0.175 e. The number of methoxy groups -OCH3 is 1. The minimum Gasteiger partial charge on any atom is -0.493 e. The summed E-state index contributed by atoms with van der Waals surface area (Å²) in [5.74, 6) is 2.86. The number of anilines is 1. The van der Waals surface area contributed by atoms with Crippen LogP contribution in [0.1, 0.15) is 11.1 Å². The number of benzene rings is 3. The van der Waals surface area contributed by atoms with Crippen LogP contribution >= 0.6 is 27.5 Å². The molecule has 3 aromatic rings. The molecule has 0 aromatic heterocycles. The quantitative estimate of drug-likeness (QED) is 0.435. The SMILES string of the molecule is COc1cc(CNc2ccc3c(c2)OCCO3)cc(Br)c1OCc1ccc(Cl)cc1. The minimum atomic E-state index is 0.418. The molecule has 5 nitrogen and oxygen atoms in total. The molecule has 156 valence electrons. The molecule has 1 aliphatic rings. The Morgan fingerprint density at radius 3 is 2.50 bits per heavy atom. The number of hydrogen-bond acceptors (Lipinski definition) is 5. The third-order valence-corrected chi connectivity index (χ3v) is 5.47. The second-order valence-corrected chi connectivity index (χ2v) is 8.03. The van der Waals surface area contributed by atoms with Crippen molar-refractivity contribution >= 4 is 33.2 Å². The zero-order chi connectivity index (χ0) is 20.9. The van der Waals surface area contributed by atoms with E-state index in [-0.39, 0.29) is 0 Å². The van der Waals surface area contributed by atoms with Gasteiger partial charge in [-0.3, -0.25) is 0 Å². The first-order valence-electron chi connectivity index (χ1n) is 9.49. The van der Waals surface area contributed by atoms with Crippen molar-refractivity contribution in [3.05, 3.63) is 75.2 Å². The summed E-state index contributed by atoms with van der Waals surface area (Å²) < 4.78 is 23.6. The molecule has 3 aromatic carbocycles. The molecule has 0 saturated carbocycles. The fraction of sp³-hybridized carbons (Fsp3) is 0.217. The highest BCUT2D eigenvalue weighted by atomic mass is 79.9. The Morgan fingerprint density at radius 1 is 0.967 bits per heavy atom. The van der Waals surface area contributed by atoms with Crippen molar-refractivity contribution in [2.24, 2.45) is 0 Å². The fourth-order valence-electron chi connectivity index (χ4n) is 3.11. The highest BCUT2D eigenvalue weighted by Crippen LogP contribution is 2.38. The van der Waals surface area contributed by atoms with Crippen LogP contribution in [0.15, 0.2) is 59.1 Å². The predicted octanol–water partition coefficient (Wildman–Crippen LogP) is 6.07. The van der Waals surface area contributed by atoms with Crippen molar-refractivity contribution in [2.75, 3.05) is 25.6 Å². The third-order valence-electron chi connectivity index (χ3n) is 4.62. The average Bonchev–Trinajstić information content (AvgIpc) is 2.77. The lowest BCUT2D eigenvalue weighted by Gasteiger charge is -2.19. The summed E-state index contributed by atoms with van der Waals surface area (Å²) in [6.07, 6.45) is 0. The van der Waals surface area contributed by atoms with Gasteiger partial charge < -0.3 is 24.3 Å². The topological polar surface area (TPSA) is 49.0 Å². The van der Waals surface area contributed by atoms with E-state index in [9.17, 15) is 0 Å². The first kappa shape index (κ1) is 20.7. The van der Waals surface area contributed by atoms with Crippen molar-refractivity contribution in [1.82, 2.24) is 0 Å². The lowest BCUT2D eigenvalue weighted by atomic mass is 10.2. The summed E-state index contributed by atoms with van der Waals surface area (Å²) in [5, 5.41) is 4.11. The van der Waals surface area contributed by atoms with Crippen LogP contribution in [-0.2, 0) is 13.2 Å². The smallest absolute Gasteiger partial charge is 0.175 e. The number of rotatable bonds is 7. The van der Waals surface area contributed by atoms with Gasteiger partial charge in [-0.25, -0.2) is 0 Å². The van der Waals surface area contributed by atoms with E-state index in [0.29, 0.717) is 42.9 Å². The maximum absolute atomic E-state index is 6.00. The van der Waals surface area contributed by atoms with Gasteiger partial charge in [0.2, 0.25) is 0 Å². The van der Waals surface area contributed by atoms with Crippen LogP contribution in [0.2, 0.25) is 5.02 Å². The van der Waals surface area contributed by atoms with Gasteiger partial charge in [-0.15, -0.1) is 0 Å². The first-order chi connectivity index (χ1) is 14.6. The van der Waals surface area contributed by atoms with Crippen molar-refractivity contribution in [2.45, 2.75) is 13.2 Å². The highest BCUT2D eigenvalue weighted by molar-refractivity contribution is 9.10. The lowest BCUT2D eigenvalue weighted by molar-refractivity contribution is 0.171. The van der Waals surface area contributed by atoms with Crippen LogP contribution in [0.5, 0.6) is 23.0 Å². The van der Waals surface area contributed by atoms with Crippen LogP contribution in [0.4, 0.5) is 5.69 Å². The van der Waals surface area contributed by atoms with E-state index in [1.807, 2.05) is 54.6 Å². The molecule has 0 spiro atoms. The molecule has 7 heteroatoms. The van der Waals surface area contributed by atoms with E-state index in [4.69, 9.17) is 30.5 Å². The monoisotopic (exact) mass is 489 g/mol. The summed E-state index contributed by atoms with van der Waals surface area (Å²) in [4.78, 5) is 0. The standard InChI is InChI=1S/C23H21BrClNO4/c1-27-22-11-16(13-26-18-6-7-20-21(12-18)29-9-8-28-20)10-19(24)23(22)30-14-15-2-4-17(25)5-3-15/h2-7,10-12,26H,8-9,13-14H2,1H3. The summed E-state index contributed by atoms with van der Waals surface area (Å²) in [6.45, 7) is 2.19. The van der Waals surface area contributed by atoms with Gasteiger partial charge in [0.15, 0.2) is 23.0 Å². The Balaban J connectivity index is 1.44. The number of ether oxygens (including phenoxy) is 4. The van der Waals surface area contributed by atoms with Gasteiger partial charge in [-0.05, 0) is 63.5 Å². The zero-order valence-electron chi connectivity index (χ0n) is 16.4. The number of fused-ring (bicyclic) bond motifs is 1. The molecule has 0 amide bonds. The second-order valence-electron chi connectivity index (χ2n) is 6.74. The molecule has 1 N–H and O–H groups in total. The Bertz CT molecular complexity index is 1030. The summed E-state index contributed by atoms with van der Waals surface area (Å²) in [7, 11) is 1.63. The third kappa shape index (κ3) is 4.94. The molecule has 1 heterocycles. The molecule has 30 heavy (non-hydrogen) atoms. The van der Waals surface area contributed by atoms with Crippen LogP contribution in [0, 0.1) is 0 Å². The molecule has 0 fully saturated rings. The summed E-state index contributed by atoms with van der Waals surface area (Å²) in [6, 6.07) is 17.4. The Hall–Kier alpha value is -2.57. The average molecular weight is 491 g/mol. The minimum absolute atomic E-state index is 0.418. The van der Waals surface area contributed by atoms with E-state index in [1.54, 1.807) is 7.11 Å². The fourth-order valence-corrected chi connectivity index (χ4v) is 3.84. The largest absolute Gasteiger partial charge is 0.493 e. The van der Waals surface area contributed by atoms with Gasteiger partial charge in [-0.2, -0.15) is 0 Å². The Kier molecular flexibility index (Phi) is 6.55. The van der Waals surface area contributed by atoms with E-state index in [2.05, 4.69) is 21.2 Å². The number of nitrogens with one attached hydrogen (secondary N) is 1. The van der Waals surface area contributed by atoms with E-state index in [1.165, 1.54) is 0 Å². The molecule has 1 aliphatic heterocycles. The van der Waals surface area contributed by atoms with Gasteiger partial charge in [0.1, 0.15) is 19.8 Å². The van der Waals surface area contributed by atoms with Crippen LogP contribution < -0.4 is 24.3 Å². The lowest BCUT2D eigenvalue weighted by Crippen LogP contribution is -2.15. The van der Waals surface area contributed by atoms with E-state index >= 15 is 0 Å². The van der Waals surface area contributed by atoms with Crippen molar-refractivity contribution in [3.63, 3.8) is 0 Å². The summed E-state index contributed by atoms with van der Waals surface area (Å²) in [5.41, 5.74) is 3.03. The van der Waals surface area contributed by atoms with E-state index in [0.717, 1.165) is 32.8 Å². The molecular weight excluding hydrogens is 470 g/mol. The molecular formula is C23H21BrClNO4. The van der Waals surface area contributed by atoms with Crippen LogP contribution in [0.3, 0.4) is 0 Å². The van der Waals surface area contributed by atoms with Crippen LogP contribution in [-0.4, -0.2) is 20.3 Å². The highest BCUT2D eigenvalue weighted by Gasteiger charge is 2.14. The van der Waals surface area contributed by atoms with Gasteiger partial charge in [-0.1, -0.05) is 23.7 Å². The molecule has 0 radical (unpaired) electrons. The molecule has 0 unspecified atom stereocenters. The molecule has 0 atom stereocenters. The maximum atomic E-state index is 6.00. The van der Waals surface area contributed by atoms with E-state index < -0.39 is 0 Å². The first-order valence-corrected chi connectivity index (χ1v) is 10.7. The Morgan fingerprint density at radius 2 is 1.73 bits per heavy atom. The molecule has 0 aliphatic carbocycles. The number of halogens is 2.